The molecule has 0 spiro atoms. The lowest BCUT2D eigenvalue weighted by Crippen LogP contribution is -2.12. The molecule has 0 aromatic heterocycles. The molecule has 2 aromatic carbocycles. The van der Waals surface area contributed by atoms with E-state index in [2.05, 4.69) is 0 Å². The molecule has 0 radical (unpaired) electrons. The molecule has 27 heavy (non-hydrogen) atoms. The van der Waals surface area contributed by atoms with Crippen molar-refractivity contribution in [1.29, 1.82) is 0 Å². The second kappa shape index (κ2) is 9.28. The van der Waals surface area contributed by atoms with E-state index < -0.39 is 12.6 Å². The summed E-state index contributed by atoms with van der Waals surface area (Å²) in [6.45, 7) is -0.405. The highest BCUT2D eigenvalue weighted by Gasteiger charge is 2.12. The number of benzene rings is 2. The van der Waals surface area contributed by atoms with Crippen LogP contribution in [0.3, 0.4) is 0 Å². The summed E-state index contributed by atoms with van der Waals surface area (Å²) in [5.74, 6) is 0.154. The highest BCUT2D eigenvalue weighted by atomic mass is 16.5. The summed E-state index contributed by atoms with van der Waals surface area (Å²) in [4.78, 5) is 24.0. The summed E-state index contributed by atoms with van der Waals surface area (Å²) in [5.41, 5.74) is 0.973. The molecule has 0 heterocycles. The third-order valence-electron chi connectivity index (χ3n) is 3.67. The molecule has 2 aromatic rings. The Morgan fingerprint density at radius 3 is 2.30 bits per heavy atom. The fourth-order valence-corrected chi connectivity index (χ4v) is 2.24. The largest absolute Gasteiger partial charge is 0.504 e. The Morgan fingerprint density at radius 1 is 0.926 bits per heavy atom. The molecule has 0 saturated heterocycles. The number of carbonyl (C=O) groups excluding carboxylic acids is 2. The highest BCUT2D eigenvalue weighted by Crippen LogP contribution is 2.28. The Kier molecular flexibility index (Phi) is 6.82. The Bertz CT molecular complexity index is 855. The summed E-state index contributed by atoms with van der Waals surface area (Å²) in [7, 11) is 4.39. The van der Waals surface area contributed by atoms with Crippen LogP contribution in [-0.4, -0.2) is 44.8 Å². The molecule has 1 N–H and O–H groups in total. The van der Waals surface area contributed by atoms with Crippen molar-refractivity contribution in [1.82, 2.24) is 0 Å². The van der Waals surface area contributed by atoms with Gasteiger partial charge in [-0.25, -0.2) is 4.79 Å². The first kappa shape index (κ1) is 19.8. The van der Waals surface area contributed by atoms with E-state index in [0.717, 1.165) is 0 Å². The van der Waals surface area contributed by atoms with Crippen molar-refractivity contribution in [2.24, 2.45) is 0 Å². The number of methoxy groups -OCH3 is 3. The van der Waals surface area contributed by atoms with Gasteiger partial charge in [-0.05, 0) is 42.0 Å². The first-order valence-electron chi connectivity index (χ1n) is 7.95. The van der Waals surface area contributed by atoms with Crippen molar-refractivity contribution in [2.45, 2.75) is 0 Å². The lowest BCUT2D eigenvalue weighted by molar-refractivity contribution is -0.136. The van der Waals surface area contributed by atoms with Crippen LogP contribution >= 0.6 is 0 Å². The van der Waals surface area contributed by atoms with E-state index in [1.165, 1.54) is 45.6 Å². The third kappa shape index (κ3) is 5.24. The minimum Gasteiger partial charge on any atom is -0.504 e. The van der Waals surface area contributed by atoms with Gasteiger partial charge in [0, 0.05) is 11.6 Å². The maximum absolute atomic E-state index is 12.2. The standard InChI is InChI=1S/C20H20O7/c1-24-17-8-6-14(11-19(17)26-3)16(22)12-27-20(23)9-5-13-4-7-15(21)18(10-13)25-2/h4-11,21H,12H2,1-3H3/b9-5+. The van der Waals surface area contributed by atoms with Crippen LogP contribution in [0.25, 0.3) is 6.08 Å². The fourth-order valence-electron chi connectivity index (χ4n) is 2.24. The van der Waals surface area contributed by atoms with Gasteiger partial charge in [0.05, 0.1) is 21.3 Å². The summed E-state index contributed by atoms with van der Waals surface area (Å²) >= 11 is 0. The van der Waals surface area contributed by atoms with E-state index in [1.807, 2.05) is 0 Å². The minimum atomic E-state index is -0.670. The van der Waals surface area contributed by atoms with Crippen LogP contribution in [-0.2, 0) is 9.53 Å². The third-order valence-corrected chi connectivity index (χ3v) is 3.67. The fraction of sp³-hybridized carbons (Fsp3) is 0.200. The maximum atomic E-state index is 12.2. The quantitative estimate of drug-likeness (QED) is 0.433. The molecule has 142 valence electrons. The predicted molar refractivity (Wildman–Crippen MR) is 98.5 cm³/mol. The Hall–Kier alpha value is -3.48. The molecule has 0 aliphatic carbocycles. The number of ether oxygens (including phenoxy) is 4. The van der Waals surface area contributed by atoms with Crippen LogP contribution in [0.15, 0.2) is 42.5 Å². The second-order valence-corrected chi connectivity index (χ2v) is 5.37. The lowest BCUT2D eigenvalue weighted by atomic mass is 10.1. The molecule has 0 fully saturated rings. The second-order valence-electron chi connectivity index (χ2n) is 5.37. The van der Waals surface area contributed by atoms with Crippen LogP contribution in [0.5, 0.6) is 23.0 Å². The van der Waals surface area contributed by atoms with E-state index in [-0.39, 0.29) is 17.3 Å². The van der Waals surface area contributed by atoms with Crippen molar-refractivity contribution < 1.29 is 33.6 Å². The first-order chi connectivity index (χ1) is 13.0. The molecule has 2 rings (SSSR count). The minimum absolute atomic E-state index is 0.00209. The average Bonchev–Trinajstić information content (AvgIpc) is 2.70. The van der Waals surface area contributed by atoms with Gasteiger partial charge in [0.15, 0.2) is 35.4 Å². The monoisotopic (exact) mass is 372 g/mol. The number of aromatic hydroxyl groups is 1. The molecule has 7 nitrogen and oxygen atoms in total. The van der Waals surface area contributed by atoms with E-state index in [1.54, 1.807) is 24.3 Å². The molecular formula is C20H20O7. The average molecular weight is 372 g/mol. The summed E-state index contributed by atoms with van der Waals surface area (Å²) in [6.07, 6.45) is 2.68. The van der Waals surface area contributed by atoms with Gasteiger partial charge >= 0.3 is 5.97 Å². The van der Waals surface area contributed by atoms with Crippen LogP contribution < -0.4 is 14.2 Å². The number of ketones is 1. The summed E-state index contributed by atoms with van der Waals surface area (Å²) in [5, 5.41) is 9.54. The molecular weight excluding hydrogens is 352 g/mol. The molecule has 0 saturated carbocycles. The van der Waals surface area contributed by atoms with Gasteiger partial charge in [-0.2, -0.15) is 0 Å². The van der Waals surface area contributed by atoms with E-state index >= 15 is 0 Å². The van der Waals surface area contributed by atoms with Crippen molar-refractivity contribution in [3.63, 3.8) is 0 Å². The summed E-state index contributed by atoms with van der Waals surface area (Å²) in [6, 6.07) is 9.31. The van der Waals surface area contributed by atoms with Gasteiger partial charge in [-0.15, -0.1) is 0 Å². The van der Waals surface area contributed by atoms with Crippen LogP contribution in [0.4, 0.5) is 0 Å². The lowest BCUT2D eigenvalue weighted by Gasteiger charge is -2.09. The van der Waals surface area contributed by atoms with Crippen LogP contribution in [0.1, 0.15) is 15.9 Å². The SMILES string of the molecule is COc1cc(/C=C/C(=O)OCC(=O)c2ccc(OC)c(OC)c2)ccc1O. The number of phenols is 1. The summed E-state index contributed by atoms with van der Waals surface area (Å²) < 4.78 is 20.2. The Labute approximate surface area is 156 Å². The number of carbonyl (C=O) groups is 2. The van der Waals surface area contributed by atoms with Gasteiger partial charge in [-0.1, -0.05) is 6.07 Å². The van der Waals surface area contributed by atoms with Gasteiger partial charge in [0.1, 0.15) is 0 Å². The first-order valence-corrected chi connectivity index (χ1v) is 7.95. The number of hydrogen-bond donors (Lipinski definition) is 1. The van der Waals surface area contributed by atoms with Crippen LogP contribution in [0, 0.1) is 0 Å². The number of phenolic OH excluding ortho intramolecular Hbond substituents is 1. The van der Waals surface area contributed by atoms with Gasteiger partial charge in [0.25, 0.3) is 0 Å². The number of esters is 1. The smallest absolute Gasteiger partial charge is 0.331 e. The van der Waals surface area contributed by atoms with E-state index in [0.29, 0.717) is 22.6 Å². The number of Topliss-reactive ketones (excluding diaryl/α,β-unsaturated/α-hetero) is 1. The van der Waals surface area contributed by atoms with E-state index in [4.69, 9.17) is 18.9 Å². The molecule has 0 amide bonds. The Balaban J connectivity index is 1.96. The van der Waals surface area contributed by atoms with Crippen molar-refractivity contribution in [3.8, 4) is 23.0 Å². The molecule has 0 unspecified atom stereocenters. The predicted octanol–water partition coefficient (Wildman–Crippen LogP) is 2.86. The van der Waals surface area contributed by atoms with Crippen molar-refractivity contribution in [3.05, 3.63) is 53.6 Å². The molecule has 7 heteroatoms. The maximum Gasteiger partial charge on any atom is 0.331 e. The van der Waals surface area contributed by atoms with Crippen LogP contribution in [0.2, 0.25) is 0 Å². The number of rotatable bonds is 8. The van der Waals surface area contributed by atoms with Crippen molar-refractivity contribution >= 4 is 17.8 Å². The van der Waals surface area contributed by atoms with Gasteiger partial charge in [0.2, 0.25) is 0 Å². The molecule has 0 aliphatic heterocycles. The molecule has 0 aliphatic rings. The zero-order valence-corrected chi connectivity index (χ0v) is 15.2. The number of hydrogen-bond acceptors (Lipinski definition) is 7. The zero-order chi connectivity index (χ0) is 19.8. The highest BCUT2D eigenvalue weighted by molar-refractivity contribution is 5.99. The zero-order valence-electron chi connectivity index (χ0n) is 15.2. The van der Waals surface area contributed by atoms with Gasteiger partial charge in [-0.3, -0.25) is 4.79 Å². The van der Waals surface area contributed by atoms with E-state index in [9.17, 15) is 14.7 Å². The molecule has 0 atom stereocenters. The van der Waals surface area contributed by atoms with Crippen molar-refractivity contribution in [2.75, 3.05) is 27.9 Å². The normalized spacial score (nSPS) is 10.5. The molecule has 0 bridgehead atoms. The van der Waals surface area contributed by atoms with Gasteiger partial charge < -0.3 is 24.1 Å². The topological polar surface area (TPSA) is 91.3 Å². The Morgan fingerprint density at radius 2 is 1.63 bits per heavy atom.